The van der Waals surface area contributed by atoms with Gasteiger partial charge < -0.3 is 0 Å². The Bertz CT molecular complexity index is 480. The molecule has 0 radical (unpaired) electrons. The number of hydrogen-bond acceptors (Lipinski definition) is 0. The Morgan fingerprint density at radius 1 is 1.11 bits per heavy atom. The van der Waals surface area contributed by atoms with Gasteiger partial charge in [-0.1, -0.05) is 67.1 Å². The van der Waals surface area contributed by atoms with Gasteiger partial charge in [-0.3, -0.25) is 0 Å². The molecule has 0 N–H and O–H groups in total. The van der Waals surface area contributed by atoms with Crippen molar-refractivity contribution in [2.75, 3.05) is 0 Å². The van der Waals surface area contributed by atoms with E-state index < -0.39 is 0 Å². The minimum atomic E-state index is -0.0357. The van der Waals surface area contributed by atoms with Gasteiger partial charge >= 0.3 is 0 Å². The molecule has 0 aromatic heterocycles. The highest BCUT2D eigenvalue weighted by atomic mass is 14.3. The zero-order valence-electron chi connectivity index (χ0n) is 12.9. The van der Waals surface area contributed by atoms with Crippen molar-refractivity contribution in [2.24, 2.45) is 0 Å². The molecule has 0 aliphatic carbocycles. The second-order valence-corrected chi connectivity index (χ2v) is 4.90. The minimum absolute atomic E-state index is 0.0357. The van der Waals surface area contributed by atoms with E-state index in [2.05, 4.69) is 90.2 Å². The van der Waals surface area contributed by atoms with Crippen LogP contribution in [0.3, 0.4) is 0 Å². The van der Waals surface area contributed by atoms with E-state index in [1.54, 1.807) is 0 Å². The molecule has 100 valence electrons. The Labute approximate surface area is 119 Å². The fourth-order valence-corrected chi connectivity index (χ4v) is 2.89. The minimum Gasteiger partial charge on any atom is -0.0880 e. The molecule has 0 bridgehead atoms. The van der Waals surface area contributed by atoms with Crippen molar-refractivity contribution in [3.63, 3.8) is 0 Å². The molecule has 0 aliphatic heterocycles. The summed E-state index contributed by atoms with van der Waals surface area (Å²) in [6.45, 7) is 8.58. The fraction of sp³-hybridized carbons (Fsp3) is 0.333. The third-order valence-electron chi connectivity index (χ3n) is 3.96. The molecule has 0 heterocycles. The topological polar surface area (TPSA) is 0 Å². The second-order valence-electron chi connectivity index (χ2n) is 4.90. The largest absolute Gasteiger partial charge is 0.126 e. The van der Waals surface area contributed by atoms with Gasteiger partial charge in [0.1, 0.15) is 7.85 Å². The summed E-state index contributed by atoms with van der Waals surface area (Å²) in [5, 5.41) is -0.0357. The quantitative estimate of drug-likeness (QED) is 0.414. The molecule has 1 rings (SSSR count). The summed E-state index contributed by atoms with van der Waals surface area (Å²) >= 11 is 0. The first-order chi connectivity index (χ1) is 9.14. The summed E-state index contributed by atoms with van der Waals surface area (Å²) in [4.78, 5) is 0. The van der Waals surface area contributed by atoms with E-state index >= 15 is 0 Å². The highest BCUT2D eigenvalue weighted by Crippen LogP contribution is 2.38. The number of hydrogen-bond donors (Lipinski definition) is 0. The molecule has 1 aromatic rings. The maximum atomic E-state index is 2.33. The molecule has 0 nitrogen and oxygen atoms in total. The van der Waals surface area contributed by atoms with Gasteiger partial charge in [-0.2, -0.15) is 0 Å². The van der Waals surface area contributed by atoms with Crippen molar-refractivity contribution in [1.29, 1.82) is 0 Å². The Morgan fingerprint density at radius 2 is 1.74 bits per heavy atom. The van der Waals surface area contributed by atoms with E-state index in [1.165, 1.54) is 16.7 Å². The lowest BCUT2D eigenvalue weighted by Gasteiger charge is -2.35. The predicted molar refractivity (Wildman–Crippen MR) is 89.3 cm³/mol. The molecular weight excluding hydrogens is 227 g/mol. The zero-order chi connectivity index (χ0) is 14.3. The SMILES string of the molecule is BC(C(/C=C\C)=C/C)(/C(=C/C)CC)c1ccccc1. The lowest BCUT2D eigenvalue weighted by molar-refractivity contribution is 0.796. The molecule has 1 unspecified atom stereocenters. The van der Waals surface area contributed by atoms with Gasteiger partial charge in [0.05, 0.1) is 0 Å². The first kappa shape index (κ1) is 15.6. The van der Waals surface area contributed by atoms with Crippen LogP contribution in [0.25, 0.3) is 0 Å². The molecule has 0 saturated heterocycles. The molecule has 0 amide bonds. The van der Waals surface area contributed by atoms with Gasteiger partial charge in [0.25, 0.3) is 0 Å². The maximum Gasteiger partial charge on any atom is 0.126 e. The zero-order valence-corrected chi connectivity index (χ0v) is 12.9. The van der Waals surface area contributed by atoms with Gasteiger partial charge in [-0.05, 0) is 38.3 Å². The van der Waals surface area contributed by atoms with Crippen molar-refractivity contribution >= 4 is 7.85 Å². The monoisotopic (exact) mass is 252 g/mol. The van der Waals surface area contributed by atoms with Crippen LogP contribution in [0.2, 0.25) is 0 Å². The van der Waals surface area contributed by atoms with E-state index in [-0.39, 0.29) is 5.31 Å². The average Bonchev–Trinajstić information content (AvgIpc) is 2.46. The third kappa shape index (κ3) is 3.09. The smallest absolute Gasteiger partial charge is 0.0880 e. The Kier molecular flexibility index (Phi) is 5.88. The lowest BCUT2D eigenvalue weighted by Crippen LogP contribution is -2.31. The van der Waals surface area contributed by atoms with Crippen molar-refractivity contribution in [3.05, 3.63) is 71.3 Å². The number of benzene rings is 1. The van der Waals surface area contributed by atoms with Crippen LogP contribution in [0, 0.1) is 0 Å². The average molecular weight is 252 g/mol. The second kappa shape index (κ2) is 7.18. The van der Waals surface area contributed by atoms with E-state index in [0.717, 1.165) is 6.42 Å². The molecule has 0 spiro atoms. The highest BCUT2D eigenvalue weighted by molar-refractivity contribution is 6.21. The van der Waals surface area contributed by atoms with Gasteiger partial charge in [0.2, 0.25) is 0 Å². The third-order valence-corrected chi connectivity index (χ3v) is 3.96. The van der Waals surface area contributed by atoms with Gasteiger partial charge in [-0.25, -0.2) is 0 Å². The van der Waals surface area contributed by atoms with Crippen molar-refractivity contribution in [2.45, 2.75) is 39.4 Å². The molecule has 1 heteroatoms. The molecule has 1 atom stereocenters. The first-order valence-corrected chi connectivity index (χ1v) is 7.15. The van der Waals surface area contributed by atoms with Crippen LogP contribution >= 0.6 is 0 Å². The first-order valence-electron chi connectivity index (χ1n) is 7.15. The molecule has 1 aromatic carbocycles. The van der Waals surface area contributed by atoms with Crippen LogP contribution in [0.15, 0.2) is 65.8 Å². The molecule has 0 aliphatic rings. The van der Waals surface area contributed by atoms with Crippen LogP contribution in [-0.2, 0) is 5.31 Å². The standard InChI is InChI=1S/C18H25B/c1-5-12-16(8-4)18(19,15(6-2)7-3)17-13-10-9-11-14-17/h5-6,8-14H,7,19H2,1-4H3/b12-5-,15-6+,16-8+. The number of rotatable bonds is 5. The van der Waals surface area contributed by atoms with Crippen LogP contribution in [0.5, 0.6) is 0 Å². The Balaban J connectivity index is 3.50. The summed E-state index contributed by atoms with van der Waals surface area (Å²) in [7, 11) is 2.33. The summed E-state index contributed by atoms with van der Waals surface area (Å²) in [5.41, 5.74) is 4.18. The van der Waals surface area contributed by atoms with Gasteiger partial charge in [0, 0.05) is 5.31 Å². The lowest BCUT2D eigenvalue weighted by atomic mass is 9.54. The van der Waals surface area contributed by atoms with E-state index in [4.69, 9.17) is 0 Å². The van der Waals surface area contributed by atoms with Gasteiger partial charge in [0.15, 0.2) is 0 Å². The normalized spacial score (nSPS) is 16.6. The van der Waals surface area contributed by atoms with Crippen molar-refractivity contribution in [1.82, 2.24) is 0 Å². The highest BCUT2D eigenvalue weighted by Gasteiger charge is 2.31. The van der Waals surface area contributed by atoms with E-state index in [1.807, 2.05) is 0 Å². The summed E-state index contributed by atoms with van der Waals surface area (Å²) in [6.07, 6.45) is 9.91. The molecule has 0 fully saturated rings. The van der Waals surface area contributed by atoms with Crippen LogP contribution < -0.4 is 0 Å². The Hall–Kier alpha value is -1.50. The van der Waals surface area contributed by atoms with Crippen LogP contribution in [0.4, 0.5) is 0 Å². The van der Waals surface area contributed by atoms with Crippen LogP contribution in [-0.4, -0.2) is 7.85 Å². The summed E-state index contributed by atoms with van der Waals surface area (Å²) in [6, 6.07) is 10.8. The predicted octanol–water partition coefficient (Wildman–Crippen LogP) is 4.39. The Morgan fingerprint density at radius 3 is 2.16 bits per heavy atom. The summed E-state index contributed by atoms with van der Waals surface area (Å²) in [5.74, 6) is 0. The van der Waals surface area contributed by atoms with E-state index in [0.29, 0.717) is 0 Å². The molecule has 19 heavy (non-hydrogen) atoms. The maximum absolute atomic E-state index is 2.33. The molecular formula is C18H25B. The fourth-order valence-electron chi connectivity index (χ4n) is 2.89. The van der Waals surface area contributed by atoms with E-state index in [9.17, 15) is 0 Å². The van der Waals surface area contributed by atoms with Crippen LogP contribution in [0.1, 0.15) is 39.7 Å². The van der Waals surface area contributed by atoms with Crippen molar-refractivity contribution in [3.8, 4) is 0 Å². The summed E-state index contributed by atoms with van der Waals surface area (Å²) < 4.78 is 0. The molecule has 0 saturated carbocycles. The van der Waals surface area contributed by atoms with Crippen molar-refractivity contribution < 1.29 is 0 Å². The number of allylic oxidation sites excluding steroid dienone is 6. The van der Waals surface area contributed by atoms with Gasteiger partial charge in [-0.15, -0.1) is 0 Å².